The summed E-state index contributed by atoms with van der Waals surface area (Å²) in [5.41, 5.74) is -0.434. The summed E-state index contributed by atoms with van der Waals surface area (Å²) in [6.07, 6.45) is -7.68. The molecule has 1 aliphatic rings. The second-order valence-electron chi connectivity index (χ2n) is 4.67. The molecule has 1 N–H and O–H groups in total. The van der Waals surface area contributed by atoms with Crippen LogP contribution in [0.15, 0.2) is 23.8 Å². The molecule has 0 aliphatic heterocycles. The number of aliphatic hydroxyl groups is 1. The summed E-state index contributed by atoms with van der Waals surface area (Å²) < 4.78 is 75.5. The molecular weight excluding hydrogens is 274 g/mol. The van der Waals surface area contributed by atoms with E-state index in [0.717, 1.165) is 32.1 Å². The molecule has 110 valence electrons. The lowest BCUT2D eigenvalue weighted by Gasteiger charge is -2.33. The average Bonchev–Trinajstić information content (AvgIpc) is 2.25. The van der Waals surface area contributed by atoms with Crippen molar-refractivity contribution in [2.45, 2.75) is 32.3 Å². The molecule has 4 atom stereocenters. The minimum absolute atomic E-state index is 0.434. The van der Waals surface area contributed by atoms with Gasteiger partial charge in [0.15, 0.2) is 0 Å². The highest BCUT2D eigenvalue weighted by Crippen LogP contribution is 2.41. The van der Waals surface area contributed by atoms with Crippen LogP contribution in [0.5, 0.6) is 0 Å². The summed E-state index contributed by atoms with van der Waals surface area (Å²) in [5, 5.41) is 9.78. The zero-order valence-corrected chi connectivity index (χ0v) is 10.3. The molecular formula is C12H14F6O. The van der Waals surface area contributed by atoms with Crippen molar-refractivity contribution in [3.05, 3.63) is 23.8 Å². The Hall–Kier alpha value is -0.980. The van der Waals surface area contributed by atoms with Crippen LogP contribution in [0.25, 0.3) is 0 Å². The van der Waals surface area contributed by atoms with E-state index < -0.39 is 41.8 Å². The van der Waals surface area contributed by atoms with Gasteiger partial charge in [0.25, 0.3) is 0 Å². The molecule has 1 nitrogen and oxygen atoms in total. The molecule has 0 spiro atoms. The monoisotopic (exact) mass is 288 g/mol. The van der Waals surface area contributed by atoms with Crippen LogP contribution in [0, 0.1) is 17.8 Å². The van der Waals surface area contributed by atoms with E-state index in [9.17, 15) is 31.4 Å². The lowest BCUT2D eigenvalue weighted by molar-refractivity contribution is -0.188. The summed E-state index contributed by atoms with van der Waals surface area (Å²) >= 11 is 0. The van der Waals surface area contributed by atoms with Crippen LogP contribution in [0.2, 0.25) is 0 Å². The smallest absolute Gasteiger partial charge is 0.388 e. The molecule has 0 heterocycles. The van der Waals surface area contributed by atoms with Crippen molar-refractivity contribution in [1.29, 1.82) is 0 Å². The summed E-state index contributed by atoms with van der Waals surface area (Å²) in [7, 11) is 0. The fourth-order valence-corrected chi connectivity index (χ4v) is 1.97. The molecule has 0 aromatic rings. The van der Waals surface area contributed by atoms with E-state index in [0.29, 0.717) is 0 Å². The Balaban J connectivity index is 2.97. The molecule has 1 aliphatic carbocycles. The summed E-state index contributed by atoms with van der Waals surface area (Å²) in [4.78, 5) is 0. The van der Waals surface area contributed by atoms with Crippen molar-refractivity contribution in [3.8, 4) is 0 Å². The van der Waals surface area contributed by atoms with Gasteiger partial charge in [0, 0.05) is 5.92 Å². The van der Waals surface area contributed by atoms with Crippen LogP contribution >= 0.6 is 0 Å². The van der Waals surface area contributed by atoms with Crippen molar-refractivity contribution < 1.29 is 31.4 Å². The van der Waals surface area contributed by atoms with Crippen LogP contribution < -0.4 is 0 Å². The standard InChI is InChI=1S/C12H14F6O/c1-6(11(13,14)15)8-4-3-5-9(10(8)19)7(2)12(16,17)18/h3-8,10,19H,1-2H3. The number of halogens is 6. The van der Waals surface area contributed by atoms with Gasteiger partial charge in [-0.1, -0.05) is 25.2 Å². The Bertz CT molecular complexity index is 379. The Morgan fingerprint density at radius 1 is 1.05 bits per heavy atom. The highest BCUT2D eigenvalue weighted by Gasteiger charge is 2.47. The minimum Gasteiger partial charge on any atom is -0.388 e. The second-order valence-corrected chi connectivity index (χ2v) is 4.67. The third-order valence-corrected chi connectivity index (χ3v) is 3.41. The zero-order valence-electron chi connectivity index (χ0n) is 10.3. The van der Waals surface area contributed by atoms with Gasteiger partial charge < -0.3 is 5.11 Å². The van der Waals surface area contributed by atoms with Gasteiger partial charge in [0.1, 0.15) is 0 Å². The lowest BCUT2D eigenvalue weighted by atomic mass is 9.78. The van der Waals surface area contributed by atoms with Crippen molar-refractivity contribution in [2.75, 3.05) is 0 Å². The molecule has 0 fully saturated rings. The molecule has 0 saturated carbocycles. The van der Waals surface area contributed by atoms with Crippen molar-refractivity contribution in [3.63, 3.8) is 0 Å². The van der Waals surface area contributed by atoms with Crippen LogP contribution in [0.4, 0.5) is 26.3 Å². The Labute approximate surface area is 106 Å². The second kappa shape index (κ2) is 5.19. The first-order valence-electron chi connectivity index (χ1n) is 5.66. The van der Waals surface area contributed by atoms with Crippen LogP contribution in [0.3, 0.4) is 0 Å². The third-order valence-electron chi connectivity index (χ3n) is 3.41. The van der Waals surface area contributed by atoms with Gasteiger partial charge in [-0.15, -0.1) is 0 Å². The van der Waals surface area contributed by atoms with E-state index in [2.05, 4.69) is 0 Å². The average molecular weight is 288 g/mol. The van der Waals surface area contributed by atoms with Crippen molar-refractivity contribution in [2.24, 2.45) is 17.8 Å². The first-order chi connectivity index (χ1) is 8.46. The van der Waals surface area contributed by atoms with E-state index in [1.807, 2.05) is 0 Å². The Morgan fingerprint density at radius 3 is 2.00 bits per heavy atom. The molecule has 0 aromatic heterocycles. The number of hydrogen-bond acceptors (Lipinski definition) is 1. The predicted molar refractivity (Wildman–Crippen MR) is 57.2 cm³/mol. The van der Waals surface area contributed by atoms with Gasteiger partial charge in [-0.05, 0) is 12.5 Å². The number of rotatable bonds is 2. The normalized spacial score (nSPS) is 27.9. The van der Waals surface area contributed by atoms with Crippen molar-refractivity contribution in [1.82, 2.24) is 0 Å². The van der Waals surface area contributed by atoms with Gasteiger partial charge in [0.2, 0.25) is 0 Å². The van der Waals surface area contributed by atoms with Crippen LogP contribution in [-0.2, 0) is 0 Å². The third kappa shape index (κ3) is 3.52. The molecule has 19 heavy (non-hydrogen) atoms. The highest BCUT2D eigenvalue weighted by atomic mass is 19.4. The van der Waals surface area contributed by atoms with E-state index in [-0.39, 0.29) is 0 Å². The fourth-order valence-electron chi connectivity index (χ4n) is 1.97. The molecule has 1 rings (SSSR count). The molecule has 4 unspecified atom stereocenters. The van der Waals surface area contributed by atoms with E-state index >= 15 is 0 Å². The van der Waals surface area contributed by atoms with Crippen molar-refractivity contribution >= 4 is 0 Å². The summed E-state index contributed by atoms with van der Waals surface area (Å²) in [6.45, 7) is 1.67. The fraction of sp³-hybridized carbons (Fsp3) is 0.667. The van der Waals surface area contributed by atoms with E-state index in [4.69, 9.17) is 0 Å². The number of alkyl halides is 6. The summed E-state index contributed by atoms with van der Waals surface area (Å²) in [5.74, 6) is -5.29. The SMILES string of the molecule is CC(C1=CC=CC(C(C)C(F)(F)F)C1O)C(F)(F)F. The number of hydrogen-bond donors (Lipinski definition) is 1. The minimum atomic E-state index is -4.59. The number of allylic oxidation sites excluding steroid dienone is 2. The van der Waals surface area contributed by atoms with Crippen LogP contribution in [0.1, 0.15) is 13.8 Å². The first kappa shape index (κ1) is 16.1. The maximum atomic E-state index is 12.6. The van der Waals surface area contributed by atoms with Gasteiger partial charge >= 0.3 is 12.4 Å². The predicted octanol–water partition coefficient (Wildman–Crippen LogP) is 3.86. The molecule has 7 heteroatoms. The van der Waals surface area contributed by atoms with Crippen LogP contribution in [-0.4, -0.2) is 23.6 Å². The Morgan fingerprint density at radius 2 is 1.58 bits per heavy atom. The maximum Gasteiger partial charge on any atom is 0.395 e. The Kier molecular flexibility index (Phi) is 4.39. The van der Waals surface area contributed by atoms with Gasteiger partial charge in [-0.25, -0.2) is 0 Å². The highest BCUT2D eigenvalue weighted by molar-refractivity contribution is 5.27. The zero-order chi connectivity index (χ0) is 15.0. The molecule has 0 aromatic carbocycles. The van der Waals surface area contributed by atoms with Gasteiger partial charge in [0.05, 0.1) is 17.9 Å². The topological polar surface area (TPSA) is 20.2 Å². The molecule has 0 saturated heterocycles. The van der Waals surface area contributed by atoms with Gasteiger partial charge in [-0.3, -0.25) is 0 Å². The quantitative estimate of drug-likeness (QED) is 0.765. The van der Waals surface area contributed by atoms with Gasteiger partial charge in [-0.2, -0.15) is 26.3 Å². The molecule has 0 bridgehead atoms. The summed E-state index contributed by atoms with van der Waals surface area (Å²) in [6, 6.07) is 0. The maximum absolute atomic E-state index is 12.6. The molecule has 0 amide bonds. The lowest BCUT2D eigenvalue weighted by Crippen LogP contribution is -2.39. The first-order valence-corrected chi connectivity index (χ1v) is 5.66. The largest absolute Gasteiger partial charge is 0.395 e. The van der Waals surface area contributed by atoms with E-state index in [1.165, 1.54) is 0 Å². The number of aliphatic hydroxyl groups excluding tert-OH is 1. The van der Waals surface area contributed by atoms with E-state index in [1.54, 1.807) is 0 Å². The molecule has 0 radical (unpaired) electrons.